The smallest absolute Gasteiger partial charge is 0.396 e. The van der Waals surface area contributed by atoms with Gasteiger partial charge < -0.3 is 4.74 Å². The van der Waals surface area contributed by atoms with Crippen LogP contribution in [-0.2, 0) is 20.6 Å². The molecule has 0 heterocycles. The van der Waals surface area contributed by atoms with Crippen LogP contribution in [0.1, 0.15) is 33.6 Å². The Morgan fingerprint density at radius 1 is 1.50 bits per heavy atom. The molecule has 0 aromatic carbocycles. The Morgan fingerprint density at radius 2 is 2.12 bits per heavy atom. The minimum Gasteiger partial charge on any atom is -0.396 e. The Balaban J connectivity index is 2.19. The van der Waals surface area contributed by atoms with Crippen LogP contribution in [0.4, 0.5) is 4.79 Å². The third-order valence-electron chi connectivity index (χ3n) is 1.66. The van der Waals surface area contributed by atoms with Crippen LogP contribution in [0.2, 0.25) is 0 Å². The molecule has 92 valence electrons. The first kappa shape index (κ1) is 13.1. The molecule has 1 N–H and O–H groups in total. The molecule has 1 unspecified atom stereocenters. The van der Waals surface area contributed by atoms with Crippen molar-refractivity contribution in [2.45, 2.75) is 44.5 Å². The lowest BCUT2D eigenvalue weighted by Crippen LogP contribution is -2.25. The molecule has 1 aliphatic rings. The Morgan fingerprint density at radius 3 is 2.62 bits per heavy atom. The molecule has 0 bridgehead atoms. The Kier molecular flexibility index (Phi) is 4.43. The second kappa shape index (κ2) is 5.40. The van der Waals surface area contributed by atoms with Crippen molar-refractivity contribution in [3.8, 4) is 0 Å². The Hall–Kier alpha value is -0.950. The lowest BCUT2D eigenvalue weighted by atomic mass is 10.3. The van der Waals surface area contributed by atoms with Gasteiger partial charge in [0.1, 0.15) is 11.0 Å². The molecule has 0 aromatic heterocycles. The van der Waals surface area contributed by atoms with E-state index in [0.717, 1.165) is 19.2 Å². The summed E-state index contributed by atoms with van der Waals surface area (Å²) >= 11 is 0. The number of hydrogen-bond acceptors (Lipinski definition) is 4. The number of nitrogens with zero attached hydrogens (tertiary/aromatic N) is 1. The van der Waals surface area contributed by atoms with Gasteiger partial charge in [-0.2, -0.15) is 9.88 Å². The van der Waals surface area contributed by atoms with E-state index in [1.165, 1.54) is 0 Å². The molecule has 0 aliphatic heterocycles. The lowest BCUT2D eigenvalue weighted by molar-refractivity contribution is 0.0332. The number of ether oxygens (including phenoxy) is 1. The zero-order valence-corrected chi connectivity index (χ0v) is 10.4. The molecule has 1 amide bonds. The first-order valence-corrected chi connectivity index (χ1v) is 6.07. The maximum absolute atomic E-state index is 11.4. The molecule has 1 rings (SSSR count). The van der Waals surface area contributed by atoms with E-state index in [4.69, 9.17) is 4.84 Å². The summed E-state index contributed by atoms with van der Waals surface area (Å²) in [6.45, 7) is 5.32. The van der Waals surface area contributed by atoms with Gasteiger partial charge in [0.05, 0.1) is 10.9 Å². The molecule has 1 aliphatic carbocycles. The largest absolute Gasteiger partial charge is 0.437 e. The highest BCUT2D eigenvalue weighted by Crippen LogP contribution is 2.21. The van der Waals surface area contributed by atoms with Crippen molar-refractivity contribution in [2.24, 2.45) is 4.40 Å². The number of amides is 1. The molecule has 0 radical (unpaired) electrons. The van der Waals surface area contributed by atoms with Gasteiger partial charge in [0.15, 0.2) is 6.40 Å². The van der Waals surface area contributed by atoms with E-state index >= 15 is 0 Å². The first-order chi connectivity index (χ1) is 7.39. The van der Waals surface area contributed by atoms with Gasteiger partial charge in [-0.25, -0.2) is 9.00 Å². The van der Waals surface area contributed by atoms with Crippen molar-refractivity contribution in [1.29, 1.82) is 0 Å². The van der Waals surface area contributed by atoms with Crippen LogP contribution in [-0.4, -0.2) is 27.6 Å². The Bertz CT molecular complexity index is 307. The monoisotopic (exact) mass is 248 g/mol. The third kappa shape index (κ3) is 5.22. The molecule has 0 saturated heterocycles. The van der Waals surface area contributed by atoms with Crippen LogP contribution in [0.25, 0.3) is 0 Å². The number of carbonyl (C=O) groups is 1. The summed E-state index contributed by atoms with van der Waals surface area (Å²) < 4.78 is 19.0. The highest BCUT2D eigenvalue weighted by Gasteiger charge is 2.24. The van der Waals surface area contributed by atoms with E-state index < -0.39 is 21.8 Å². The van der Waals surface area contributed by atoms with E-state index in [1.54, 1.807) is 20.8 Å². The zero-order chi connectivity index (χ0) is 12.2. The molecule has 16 heavy (non-hydrogen) atoms. The maximum atomic E-state index is 11.4. The normalized spacial score (nSPS) is 18.4. The molecular weight excluding hydrogens is 232 g/mol. The topological polar surface area (TPSA) is 77.0 Å². The molecule has 1 saturated carbocycles. The molecule has 1 atom stereocenters. The quantitative estimate of drug-likeness (QED) is 0.462. The summed E-state index contributed by atoms with van der Waals surface area (Å²) in [5, 5.41) is 0. The fourth-order valence-corrected chi connectivity index (χ4v) is 1.05. The van der Waals surface area contributed by atoms with Crippen molar-refractivity contribution < 1.29 is 18.6 Å². The highest BCUT2D eigenvalue weighted by molar-refractivity contribution is 7.85. The van der Waals surface area contributed by atoms with Crippen LogP contribution in [0.5, 0.6) is 0 Å². The van der Waals surface area contributed by atoms with Gasteiger partial charge in [0.2, 0.25) is 0 Å². The summed E-state index contributed by atoms with van der Waals surface area (Å²) in [5.74, 6) is 0. The van der Waals surface area contributed by atoms with Gasteiger partial charge in [-0.1, -0.05) is 0 Å². The molecule has 7 heteroatoms. The number of rotatable bonds is 4. The minimum absolute atomic E-state index is 0.105. The number of carbonyl (C=O) groups excluding carboxylic acids is 1. The molecule has 0 spiro atoms. The van der Waals surface area contributed by atoms with Crippen molar-refractivity contribution in [1.82, 2.24) is 5.48 Å². The van der Waals surface area contributed by atoms with Crippen molar-refractivity contribution >= 4 is 23.5 Å². The predicted octanol–water partition coefficient (Wildman–Crippen LogP) is 1.30. The summed E-state index contributed by atoms with van der Waals surface area (Å²) in [5.41, 5.74) is 2.11. The summed E-state index contributed by atoms with van der Waals surface area (Å²) in [7, 11) is -1.43. The van der Waals surface area contributed by atoms with Gasteiger partial charge in [-0.05, 0) is 33.6 Å². The molecule has 1 fully saturated rings. The van der Waals surface area contributed by atoms with Crippen molar-refractivity contribution in [3.63, 3.8) is 0 Å². The lowest BCUT2D eigenvalue weighted by Gasteiger charge is -2.12. The second-order valence-corrected chi connectivity index (χ2v) is 6.33. The maximum Gasteiger partial charge on any atom is 0.437 e. The van der Waals surface area contributed by atoms with Crippen LogP contribution >= 0.6 is 0 Å². The SMILES string of the molecule is CC(C)(C)S(=O)N=COC(=O)NOC1CC1. The molecule has 6 nitrogen and oxygen atoms in total. The average Bonchev–Trinajstić information content (AvgIpc) is 2.96. The van der Waals surface area contributed by atoms with E-state index in [0.29, 0.717) is 0 Å². The van der Waals surface area contributed by atoms with E-state index in [1.807, 2.05) is 0 Å². The number of hydroxylamine groups is 1. The zero-order valence-electron chi connectivity index (χ0n) is 9.56. The van der Waals surface area contributed by atoms with Crippen LogP contribution < -0.4 is 5.48 Å². The standard InChI is InChI=1S/C9H16N2O4S/c1-9(2,3)16(13)10-6-14-8(12)11-15-7-4-5-7/h6-7H,4-5H2,1-3H3,(H,11,12). The number of nitrogens with one attached hydrogen (secondary N) is 1. The molecular formula is C9H16N2O4S. The predicted molar refractivity (Wildman–Crippen MR) is 60.1 cm³/mol. The second-order valence-electron chi connectivity index (χ2n) is 4.40. The van der Waals surface area contributed by atoms with E-state index in [-0.39, 0.29) is 6.10 Å². The van der Waals surface area contributed by atoms with Crippen molar-refractivity contribution in [3.05, 3.63) is 0 Å². The first-order valence-electron chi connectivity index (χ1n) is 4.96. The van der Waals surface area contributed by atoms with Gasteiger partial charge in [-0.15, -0.1) is 0 Å². The third-order valence-corrected chi connectivity index (χ3v) is 2.98. The fourth-order valence-electron chi connectivity index (χ4n) is 0.608. The summed E-state index contributed by atoms with van der Waals surface area (Å²) in [6.07, 6.45) is 2.10. The van der Waals surface area contributed by atoms with E-state index in [9.17, 15) is 9.00 Å². The van der Waals surface area contributed by atoms with E-state index in [2.05, 4.69) is 14.6 Å². The van der Waals surface area contributed by atoms with Gasteiger partial charge in [0.25, 0.3) is 0 Å². The highest BCUT2D eigenvalue weighted by atomic mass is 32.2. The van der Waals surface area contributed by atoms with Gasteiger partial charge in [0, 0.05) is 0 Å². The minimum atomic E-state index is -1.43. The van der Waals surface area contributed by atoms with Crippen molar-refractivity contribution in [2.75, 3.05) is 0 Å². The van der Waals surface area contributed by atoms with Gasteiger partial charge >= 0.3 is 6.09 Å². The number of hydrogen-bond donors (Lipinski definition) is 1. The van der Waals surface area contributed by atoms with Crippen LogP contribution in [0, 0.1) is 0 Å². The summed E-state index contributed by atoms with van der Waals surface area (Å²) in [6, 6.07) is 0. The average molecular weight is 248 g/mol. The Labute approximate surface area is 97.0 Å². The van der Waals surface area contributed by atoms with Crippen LogP contribution in [0.3, 0.4) is 0 Å². The fraction of sp³-hybridized carbons (Fsp3) is 0.778. The van der Waals surface area contributed by atoms with Gasteiger partial charge in [-0.3, -0.25) is 4.84 Å². The van der Waals surface area contributed by atoms with Crippen LogP contribution in [0.15, 0.2) is 4.40 Å². The molecule has 0 aromatic rings. The summed E-state index contributed by atoms with van der Waals surface area (Å²) in [4.78, 5) is 15.8.